The van der Waals surface area contributed by atoms with E-state index < -0.39 is 11.6 Å². The zero-order valence-corrected chi connectivity index (χ0v) is 19.7. The molecule has 0 spiro atoms. The SMILES string of the molecule is CCC(C)(C)NC(=O)[C@H](c1cccs1)N(Cc1ccco1)C(=O)Cn1nnc2ccccc21. The van der Waals surface area contributed by atoms with E-state index in [0.29, 0.717) is 11.3 Å². The average Bonchev–Trinajstić information content (AvgIpc) is 3.56. The summed E-state index contributed by atoms with van der Waals surface area (Å²) < 4.78 is 7.09. The minimum atomic E-state index is -0.803. The molecule has 0 saturated heterocycles. The van der Waals surface area contributed by atoms with Crippen LogP contribution in [0.5, 0.6) is 0 Å². The Morgan fingerprint density at radius 2 is 2.00 bits per heavy atom. The predicted octanol–water partition coefficient (Wildman–Crippen LogP) is 4.16. The van der Waals surface area contributed by atoms with Crippen molar-refractivity contribution in [3.63, 3.8) is 0 Å². The normalized spacial score (nSPS) is 12.6. The lowest BCUT2D eigenvalue weighted by Crippen LogP contribution is -2.50. The zero-order valence-electron chi connectivity index (χ0n) is 18.9. The Hall–Kier alpha value is -3.46. The van der Waals surface area contributed by atoms with Crippen molar-refractivity contribution in [2.24, 2.45) is 0 Å². The number of hydrogen-bond acceptors (Lipinski definition) is 6. The molecule has 2 amide bonds. The van der Waals surface area contributed by atoms with Crippen LogP contribution >= 0.6 is 11.3 Å². The van der Waals surface area contributed by atoms with E-state index in [1.807, 2.05) is 62.5 Å². The molecule has 1 aromatic carbocycles. The number of amides is 2. The second-order valence-corrected chi connectivity index (χ2v) is 9.46. The number of carbonyl (C=O) groups excluding carboxylic acids is 2. The number of furan rings is 1. The lowest BCUT2D eigenvalue weighted by molar-refractivity contribution is -0.143. The van der Waals surface area contributed by atoms with Crippen LogP contribution in [0.1, 0.15) is 43.9 Å². The van der Waals surface area contributed by atoms with Crippen molar-refractivity contribution in [3.05, 3.63) is 70.8 Å². The molecular weight excluding hydrogens is 438 g/mol. The maximum Gasteiger partial charge on any atom is 0.248 e. The topological polar surface area (TPSA) is 93.3 Å². The Morgan fingerprint density at radius 1 is 1.18 bits per heavy atom. The first kappa shape index (κ1) is 22.7. The third-order valence-corrected chi connectivity index (χ3v) is 6.57. The largest absolute Gasteiger partial charge is 0.467 e. The molecule has 0 aliphatic carbocycles. The summed E-state index contributed by atoms with van der Waals surface area (Å²) in [6.45, 7) is 6.06. The van der Waals surface area contributed by atoms with Crippen LogP contribution in [0.25, 0.3) is 11.0 Å². The first-order valence-corrected chi connectivity index (χ1v) is 11.7. The third-order valence-electron chi connectivity index (χ3n) is 5.65. The number of rotatable bonds is 9. The highest BCUT2D eigenvalue weighted by Gasteiger charge is 2.35. The number of nitrogens with zero attached hydrogens (tertiary/aromatic N) is 4. The summed E-state index contributed by atoms with van der Waals surface area (Å²) >= 11 is 1.44. The molecule has 0 aliphatic heterocycles. The second kappa shape index (κ2) is 9.58. The van der Waals surface area contributed by atoms with Crippen LogP contribution in [-0.2, 0) is 22.7 Å². The van der Waals surface area contributed by atoms with Crippen molar-refractivity contribution in [2.45, 2.75) is 51.9 Å². The van der Waals surface area contributed by atoms with E-state index in [1.165, 1.54) is 11.3 Å². The summed E-state index contributed by atoms with van der Waals surface area (Å²) in [6.07, 6.45) is 2.32. The van der Waals surface area contributed by atoms with Gasteiger partial charge < -0.3 is 14.6 Å². The summed E-state index contributed by atoms with van der Waals surface area (Å²) in [5.41, 5.74) is 1.06. The van der Waals surface area contributed by atoms with Gasteiger partial charge in [0.1, 0.15) is 23.9 Å². The summed E-state index contributed by atoms with van der Waals surface area (Å²) in [6, 6.07) is 14.0. The number of carbonyl (C=O) groups is 2. The fraction of sp³-hybridized carbons (Fsp3) is 0.333. The lowest BCUT2D eigenvalue weighted by Gasteiger charge is -2.33. The molecule has 1 N–H and O–H groups in total. The Balaban J connectivity index is 1.70. The molecular formula is C24H27N5O3S. The van der Waals surface area contributed by atoms with Crippen LogP contribution in [0.3, 0.4) is 0 Å². The van der Waals surface area contributed by atoms with Gasteiger partial charge in [-0.25, -0.2) is 4.68 Å². The maximum atomic E-state index is 13.7. The van der Waals surface area contributed by atoms with Crippen LogP contribution in [-0.4, -0.2) is 37.2 Å². The zero-order chi connectivity index (χ0) is 23.4. The van der Waals surface area contributed by atoms with Gasteiger partial charge in [-0.2, -0.15) is 0 Å². The number of para-hydroxylation sites is 1. The molecule has 0 saturated carbocycles. The molecule has 3 heterocycles. The van der Waals surface area contributed by atoms with Gasteiger partial charge in [-0.1, -0.05) is 30.3 Å². The quantitative estimate of drug-likeness (QED) is 0.401. The van der Waals surface area contributed by atoms with E-state index in [4.69, 9.17) is 4.42 Å². The van der Waals surface area contributed by atoms with E-state index in [2.05, 4.69) is 15.6 Å². The molecule has 0 radical (unpaired) electrons. The highest BCUT2D eigenvalue weighted by Crippen LogP contribution is 2.29. The van der Waals surface area contributed by atoms with Crippen molar-refractivity contribution >= 4 is 34.2 Å². The average molecular weight is 466 g/mol. The minimum Gasteiger partial charge on any atom is -0.467 e. The van der Waals surface area contributed by atoms with Gasteiger partial charge in [0.25, 0.3) is 0 Å². The Kier molecular flexibility index (Phi) is 6.60. The molecule has 1 atom stereocenters. The number of benzene rings is 1. The molecule has 0 bridgehead atoms. The van der Waals surface area contributed by atoms with E-state index in [1.54, 1.807) is 28.0 Å². The monoisotopic (exact) mass is 465 g/mol. The molecule has 33 heavy (non-hydrogen) atoms. The standard InChI is InChI=1S/C24H27N5O3S/c1-4-24(2,3)25-23(31)22(20-12-8-14-33-20)28(15-17-9-7-13-32-17)21(30)16-29-19-11-6-5-10-18(19)26-27-29/h5-14,22H,4,15-16H2,1-3H3,(H,25,31)/t22-/m0/s1. The van der Waals surface area contributed by atoms with E-state index in [9.17, 15) is 9.59 Å². The highest BCUT2D eigenvalue weighted by atomic mass is 32.1. The maximum absolute atomic E-state index is 13.7. The Labute approximate surface area is 196 Å². The molecule has 4 rings (SSSR count). The van der Waals surface area contributed by atoms with Crippen molar-refractivity contribution in [2.75, 3.05) is 0 Å². The number of thiophene rings is 1. The first-order valence-electron chi connectivity index (χ1n) is 10.8. The van der Waals surface area contributed by atoms with Crippen molar-refractivity contribution in [1.82, 2.24) is 25.2 Å². The number of fused-ring (bicyclic) bond motifs is 1. The van der Waals surface area contributed by atoms with Crippen molar-refractivity contribution < 1.29 is 14.0 Å². The van der Waals surface area contributed by atoms with Crippen molar-refractivity contribution in [1.29, 1.82) is 0 Å². The fourth-order valence-corrected chi connectivity index (χ4v) is 4.34. The minimum absolute atomic E-state index is 0.0481. The lowest BCUT2D eigenvalue weighted by atomic mass is 10.0. The van der Waals surface area contributed by atoms with Gasteiger partial charge in [-0.15, -0.1) is 16.4 Å². The van der Waals surface area contributed by atoms with Gasteiger partial charge in [0, 0.05) is 10.4 Å². The van der Waals surface area contributed by atoms with E-state index >= 15 is 0 Å². The number of aromatic nitrogens is 3. The third kappa shape index (κ3) is 5.14. The van der Waals surface area contributed by atoms with Gasteiger partial charge in [-0.05, 0) is 56.0 Å². The van der Waals surface area contributed by atoms with Crippen LogP contribution < -0.4 is 5.32 Å². The summed E-state index contributed by atoms with van der Waals surface area (Å²) in [5, 5.41) is 13.3. The van der Waals surface area contributed by atoms with Crippen molar-refractivity contribution in [3.8, 4) is 0 Å². The number of hydrogen-bond donors (Lipinski definition) is 1. The summed E-state index contributed by atoms with van der Waals surface area (Å²) in [4.78, 5) is 29.6. The highest BCUT2D eigenvalue weighted by molar-refractivity contribution is 7.10. The molecule has 3 aromatic heterocycles. The Morgan fingerprint density at radius 3 is 2.70 bits per heavy atom. The first-order chi connectivity index (χ1) is 15.9. The molecule has 9 heteroatoms. The molecule has 0 unspecified atom stereocenters. The molecule has 0 fully saturated rings. The molecule has 172 valence electrons. The van der Waals surface area contributed by atoms with Gasteiger partial charge >= 0.3 is 0 Å². The molecule has 8 nitrogen and oxygen atoms in total. The van der Waals surface area contributed by atoms with E-state index in [-0.39, 0.29) is 24.9 Å². The van der Waals surface area contributed by atoms with Gasteiger partial charge in [-0.3, -0.25) is 9.59 Å². The summed E-state index contributed by atoms with van der Waals surface area (Å²) in [5.74, 6) is 0.105. The summed E-state index contributed by atoms with van der Waals surface area (Å²) in [7, 11) is 0. The van der Waals surface area contributed by atoms with E-state index in [0.717, 1.165) is 16.8 Å². The molecule has 0 aliphatic rings. The smallest absolute Gasteiger partial charge is 0.248 e. The second-order valence-electron chi connectivity index (χ2n) is 8.48. The van der Waals surface area contributed by atoms with Crippen LogP contribution in [0.4, 0.5) is 0 Å². The predicted molar refractivity (Wildman–Crippen MR) is 126 cm³/mol. The van der Waals surface area contributed by atoms with Gasteiger partial charge in [0.2, 0.25) is 11.8 Å². The fourth-order valence-electron chi connectivity index (χ4n) is 3.51. The van der Waals surface area contributed by atoms with Crippen LogP contribution in [0.2, 0.25) is 0 Å². The van der Waals surface area contributed by atoms with Gasteiger partial charge in [0.15, 0.2) is 0 Å². The Bertz CT molecular complexity index is 1210. The van der Waals surface area contributed by atoms with Crippen LogP contribution in [0, 0.1) is 0 Å². The number of nitrogens with one attached hydrogen (secondary N) is 1. The van der Waals surface area contributed by atoms with Crippen LogP contribution in [0.15, 0.2) is 64.6 Å². The molecule has 4 aromatic rings. The van der Waals surface area contributed by atoms with Gasteiger partial charge in [0.05, 0.1) is 18.3 Å².